The summed E-state index contributed by atoms with van der Waals surface area (Å²) in [4.78, 5) is 16.2. The van der Waals surface area contributed by atoms with Crippen molar-refractivity contribution >= 4 is 43.5 Å². The van der Waals surface area contributed by atoms with Crippen LogP contribution in [0.25, 0.3) is 0 Å². The third-order valence-corrected chi connectivity index (χ3v) is 4.13. The van der Waals surface area contributed by atoms with E-state index in [-0.39, 0.29) is 5.91 Å². The Bertz CT molecular complexity index is 599. The number of hydrogen-bond acceptors (Lipinski definition) is 2. The van der Waals surface area contributed by atoms with Crippen LogP contribution in [-0.4, -0.2) is 10.9 Å². The number of nitrogens with one attached hydrogen (secondary N) is 1. The van der Waals surface area contributed by atoms with E-state index in [0.29, 0.717) is 15.9 Å². The number of aryl methyl sites for hydroxylation is 1. The fourth-order valence-corrected chi connectivity index (χ4v) is 2.29. The number of carbonyl (C=O) groups excluding carboxylic acids is 1. The number of hydrogen-bond donors (Lipinski definition) is 1. The molecule has 0 aliphatic rings. The third kappa shape index (κ3) is 2.79. The number of carbonyl (C=O) groups is 1. The zero-order valence-electron chi connectivity index (χ0n) is 9.58. The summed E-state index contributed by atoms with van der Waals surface area (Å²) < 4.78 is 1.42. The van der Waals surface area contributed by atoms with Gasteiger partial charge in [-0.2, -0.15) is 0 Å². The van der Waals surface area contributed by atoms with Gasteiger partial charge in [0.15, 0.2) is 0 Å². The number of amides is 1. The molecule has 1 aromatic carbocycles. The first-order chi connectivity index (χ1) is 8.59. The lowest BCUT2D eigenvalue weighted by Gasteiger charge is -2.09. The number of rotatable bonds is 2. The highest BCUT2D eigenvalue weighted by atomic mass is 79.9. The van der Waals surface area contributed by atoms with Crippen LogP contribution in [0, 0.1) is 6.92 Å². The molecule has 0 spiro atoms. The average Bonchev–Trinajstić information content (AvgIpc) is 2.35. The molecule has 5 heteroatoms. The molecule has 1 amide bonds. The van der Waals surface area contributed by atoms with Gasteiger partial charge < -0.3 is 5.32 Å². The average molecular weight is 370 g/mol. The highest BCUT2D eigenvalue weighted by Crippen LogP contribution is 2.24. The van der Waals surface area contributed by atoms with Gasteiger partial charge in [0.2, 0.25) is 0 Å². The molecule has 0 atom stereocenters. The lowest BCUT2D eigenvalue weighted by molar-refractivity contribution is 0.102. The molecule has 0 aliphatic heterocycles. The van der Waals surface area contributed by atoms with Crippen molar-refractivity contribution in [2.24, 2.45) is 0 Å². The third-order valence-electron chi connectivity index (χ3n) is 2.44. The van der Waals surface area contributed by atoms with E-state index in [4.69, 9.17) is 0 Å². The van der Waals surface area contributed by atoms with Crippen molar-refractivity contribution in [3.63, 3.8) is 0 Å². The molecule has 18 heavy (non-hydrogen) atoms. The summed E-state index contributed by atoms with van der Waals surface area (Å²) in [6, 6.07) is 9.13. The molecular weight excluding hydrogens is 360 g/mol. The SMILES string of the molecule is Cc1cccc(C(=O)Nc2cccnc2Br)c1Br. The fraction of sp³-hybridized carbons (Fsp3) is 0.0769. The molecule has 0 radical (unpaired) electrons. The Morgan fingerprint density at radius 3 is 2.72 bits per heavy atom. The zero-order valence-corrected chi connectivity index (χ0v) is 12.7. The lowest BCUT2D eigenvalue weighted by Crippen LogP contribution is -2.13. The predicted molar refractivity (Wildman–Crippen MR) is 78.8 cm³/mol. The topological polar surface area (TPSA) is 42.0 Å². The van der Waals surface area contributed by atoms with Gasteiger partial charge in [-0.15, -0.1) is 0 Å². The lowest BCUT2D eigenvalue weighted by atomic mass is 10.1. The number of halogens is 2. The summed E-state index contributed by atoms with van der Waals surface area (Å²) >= 11 is 6.72. The van der Waals surface area contributed by atoms with Gasteiger partial charge in [-0.05, 0) is 62.5 Å². The van der Waals surface area contributed by atoms with Crippen molar-refractivity contribution in [3.05, 3.63) is 56.7 Å². The highest BCUT2D eigenvalue weighted by Gasteiger charge is 2.12. The maximum Gasteiger partial charge on any atom is 0.256 e. The van der Waals surface area contributed by atoms with E-state index >= 15 is 0 Å². The molecular formula is C13H10Br2N2O. The smallest absolute Gasteiger partial charge is 0.256 e. The normalized spacial score (nSPS) is 10.2. The summed E-state index contributed by atoms with van der Waals surface area (Å²) in [5.41, 5.74) is 2.27. The van der Waals surface area contributed by atoms with Crippen molar-refractivity contribution in [2.45, 2.75) is 6.92 Å². The maximum atomic E-state index is 12.1. The van der Waals surface area contributed by atoms with Crippen LogP contribution in [0.3, 0.4) is 0 Å². The van der Waals surface area contributed by atoms with Crippen LogP contribution in [-0.2, 0) is 0 Å². The Kier molecular flexibility index (Phi) is 4.14. The van der Waals surface area contributed by atoms with Gasteiger partial charge in [0.1, 0.15) is 4.60 Å². The van der Waals surface area contributed by atoms with E-state index < -0.39 is 0 Å². The number of anilines is 1. The van der Waals surface area contributed by atoms with Gasteiger partial charge in [0, 0.05) is 10.7 Å². The molecule has 2 aromatic rings. The number of pyridine rings is 1. The Labute approximate surface area is 122 Å². The zero-order chi connectivity index (χ0) is 13.1. The molecule has 0 bridgehead atoms. The first kappa shape index (κ1) is 13.2. The molecule has 3 nitrogen and oxygen atoms in total. The molecule has 0 fully saturated rings. The van der Waals surface area contributed by atoms with Gasteiger partial charge in [0.25, 0.3) is 5.91 Å². The minimum absolute atomic E-state index is 0.167. The van der Waals surface area contributed by atoms with E-state index in [1.165, 1.54) is 0 Å². The largest absolute Gasteiger partial charge is 0.320 e. The van der Waals surface area contributed by atoms with Crippen LogP contribution in [0.15, 0.2) is 45.6 Å². The summed E-state index contributed by atoms with van der Waals surface area (Å²) in [6.45, 7) is 1.95. The molecule has 1 aromatic heterocycles. The molecule has 0 unspecified atom stereocenters. The van der Waals surface area contributed by atoms with Crippen LogP contribution >= 0.6 is 31.9 Å². The minimum atomic E-state index is -0.167. The second kappa shape index (κ2) is 5.63. The Balaban J connectivity index is 2.28. The second-order valence-electron chi connectivity index (χ2n) is 3.73. The van der Waals surface area contributed by atoms with Crippen LogP contribution in [0.4, 0.5) is 5.69 Å². The summed E-state index contributed by atoms with van der Waals surface area (Å²) in [6.07, 6.45) is 1.66. The van der Waals surface area contributed by atoms with E-state index in [0.717, 1.165) is 10.0 Å². The quantitative estimate of drug-likeness (QED) is 0.807. The molecule has 1 N–H and O–H groups in total. The minimum Gasteiger partial charge on any atom is -0.320 e. The number of aromatic nitrogens is 1. The van der Waals surface area contributed by atoms with Gasteiger partial charge in [-0.1, -0.05) is 12.1 Å². The van der Waals surface area contributed by atoms with Crippen LogP contribution in [0.5, 0.6) is 0 Å². The van der Waals surface area contributed by atoms with Crippen molar-refractivity contribution in [1.82, 2.24) is 4.98 Å². The Hall–Kier alpha value is -1.20. The standard InChI is InChI=1S/C13H10Br2N2O/c1-8-4-2-5-9(11(8)14)13(18)17-10-6-3-7-16-12(10)15/h2-7H,1H3,(H,17,18). The number of nitrogens with zero attached hydrogens (tertiary/aromatic N) is 1. The Morgan fingerprint density at radius 1 is 1.22 bits per heavy atom. The van der Waals surface area contributed by atoms with E-state index in [1.54, 1.807) is 24.4 Å². The van der Waals surface area contributed by atoms with E-state index in [9.17, 15) is 4.79 Å². The predicted octanol–water partition coefficient (Wildman–Crippen LogP) is 4.17. The van der Waals surface area contributed by atoms with Crippen molar-refractivity contribution in [2.75, 3.05) is 5.32 Å². The van der Waals surface area contributed by atoms with Crippen molar-refractivity contribution < 1.29 is 4.79 Å². The molecule has 2 rings (SSSR count). The Morgan fingerprint density at radius 2 is 2.00 bits per heavy atom. The first-order valence-electron chi connectivity index (χ1n) is 5.26. The molecule has 92 valence electrons. The fourth-order valence-electron chi connectivity index (χ4n) is 1.49. The molecule has 0 saturated carbocycles. The van der Waals surface area contributed by atoms with E-state index in [2.05, 4.69) is 42.2 Å². The van der Waals surface area contributed by atoms with Crippen LogP contribution in [0.1, 0.15) is 15.9 Å². The monoisotopic (exact) mass is 368 g/mol. The number of benzene rings is 1. The summed E-state index contributed by atoms with van der Waals surface area (Å²) in [7, 11) is 0. The van der Waals surface area contributed by atoms with Crippen molar-refractivity contribution in [1.29, 1.82) is 0 Å². The molecule has 1 heterocycles. The van der Waals surface area contributed by atoms with Crippen LogP contribution < -0.4 is 5.32 Å². The highest BCUT2D eigenvalue weighted by molar-refractivity contribution is 9.10. The van der Waals surface area contributed by atoms with Gasteiger partial charge in [0.05, 0.1) is 11.3 Å². The summed E-state index contributed by atoms with van der Waals surface area (Å²) in [5, 5.41) is 2.82. The van der Waals surface area contributed by atoms with Crippen LogP contribution in [0.2, 0.25) is 0 Å². The second-order valence-corrected chi connectivity index (χ2v) is 5.28. The molecule has 0 aliphatic carbocycles. The van der Waals surface area contributed by atoms with Crippen molar-refractivity contribution in [3.8, 4) is 0 Å². The van der Waals surface area contributed by atoms with Gasteiger partial charge in [-0.25, -0.2) is 4.98 Å². The maximum absolute atomic E-state index is 12.1. The molecule has 0 saturated heterocycles. The van der Waals surface area contributed by atoms with E-state index in [1.807, 2.05) is 19.1 Å². The van der Waals surface area contributed by atoms with Gasteiger partial charge in [-0.3, -0.25) is 4.79 Å². The van der Waals surface area contributed by atoms with Gasteiger partial charge >= 0.3 is 0 Å². The summed E-state index contributed by atoms with van der Waals surface area (Å²) in [5.74, 6) is -0.167. The first-order valence-corrected chi connectivity index (χ1v) is 6.85.